The van der Waals surface area contributed by atoms with Gasteiger partial charge in [-0.25, -0.2) is 18.5 Å². The molecule has 0 saturated heterocycles. The van der Waals surface area contributed by atoms with Gasteiger partial charge in [0.1, 0.15) is 0 Å². The highest BCUT2D eigenvalue weighted by Gasteiger charge is 2.11. The van der Waals surface area contributed by atoms with Crippen LogP contribution in [0.2, 0.25) is 0 Å². The number of nitrogens with two attached hydrogens (primary N) is 1. The summed E-state index contributed by atoms with van der Waals surface area (Å²) in [6, 6.07) is 4.40. The maximum Gasteiger partial charge on any atom is 0.238 e. The number of carbonyl (C=O) groups excluding carboxylic acids is 1. The van der Waals surface area contributed by atoms with Crippen LogP contribution in [0.5, 0.6) is 0 Å². The molecule has 0 unspecified atom stereocenters. The van der Waals surface area contributed by atoms with Crippen molar-refractivity contribution in [1.29, 1.82) is 0 Å². The second-order valence-corrected chi connectivity index (χ2v) is 5.97. The molecule has 1 aromatic carbocycles. The zero-order chi connectivity index (χ0) is 12.6. The number of nitrogens with zero attached hydrogens (tertiary/aromatic N) is 1. The van der Waals surface area contributed by atoms with Gasteiger partial charge in [0, 0.05) is 6.92 Å². The molecule has 90 valence electrons. The minimum absolute atomic E-state index is 0.00433. The number of carbonyl (C=O) groups is 1. The molecule has 0 bridgehead atoms. The number of fused-ring (bicyclic) bond motifs is 1. The van der Waals surface area contributed by atoms with Crippen molar-refractivity contribution in [2.45, 2.75) is 11.8 Å². The number of thiazole rings is 1. The van der Waals surface area contributed by atoms with Gasteiger partial charge >= 0.3 is 0 Å². The van der Waals surface area contributed by atoms with Gasteiger partial charge < -0.3 is 5.32 Å². The lowest BCUT2D eigenvalue weighted by Crippen LogP contribution is -2.11. The van der Waals surface area contributed by atoms with Crippen LogP contribution in [-0.2, 0) is 14.8 Å². The molecule has 2 rings (SSSR count). The third-order valence-electron chi connectivity index (χ3n) is 1.97. The number of benzene rings is 1. The summed E-state index contributed by atoms with van der Waals surface area (Å²) >= 11 is 1.27. The smallest absolute Gasteiger partial charge is 0.238 e. The molecular formula is C9H9N3O3S2. The molecule has 6 nitrogen and oxygen atoms in total. The maximum atomic E-state index is 11.1. The van der Waals surface area contributed by atoms with Gasteiger partial charge in [-0.15, -0.1) is 0 Å². The normalized spacial score (nSPS) is 11.6. The number of rotatable bonds is 2. The van der Waals surface area contributed by atoms with E-state index in [0.717, 1.165) is 4.70 Å². The van der Waals surface area contributed by atoms with E-state index in [1.807, 2.05) is 0 Å². The molecule has 1 amide bonds. The number of hydrogen-bond acceptors (Lipinski definition) is 5. The Bertz CT molecular complexity index is 691. The topological polar surface area (TPSA) is 102 Å². The Hall–Kier alpha value is -1.51. The van der Waals surface area contributed by atoms with E-state index in [9.17, 15) is 13.2 Å². The third kappa shape index (κ3) is 2.60. The van der Waals surface area contributed by atoms with Gasteiger partial charge in [-0.3, -0.25) is 4.79 Å². The van der Waals surface area contributed by atoms with Gasteiger partial charge in [0.25, 0.3) is 0 Å². The van der Waals surface area contributed by atoms with Crippen LogP contribution in [0.15, 0.2) is 23.1 Å². The summed E-state index contributed by atoms with van der Waals surface area (Å²) in [5.41, 5.74) is 0.491. The standard InChI is InChI=1S/C9H9N3O3S2/c1-5(13)11-9-12-7-4-6(17(10,14)15)2-3-8(7)16-9/h2-4H,1H3,(H2,10,14,15)(H,11,12,13). The Morgan fingerprint density at radius 1 is 1.47 bits per heavy atom. The fraction of sp³-hybridized carbons (Fsp3) is 0.111. The summed E-state index contributed by atoms with van der Waals surface area (Å²) in [5.74, 6) is -0.226. The van der Waals surface area contributed by atoms with Gasteiger partial charge in [-0.1, -0.05) is 11.3 Å². The molecule has 1 aromatic heterocycles. The zero-order valence-corrected chi connectivity index (χ0v) is 10.4. The van der Waals surface area contributed by atoms with Crippen molar-refractivity contribution in [2.24, 2.45) is 5.14 Å². The second kappa shape index (κ2) is 4.06. The zero-order valence-electron chi connectivity index (χ0n) is 8.80. The first-order valence-corrected chi connectivity index (χ1v) is 6.93. The predicted molar refractivity (Wildman–Crippen MR) is 65.3 cm³/mol. The van der Waals surface area contributed by atoms with Crippen LogP contribution < -0.4 is 10.5 Å². The summed E-state index contributed by atoms with van der Waals surface area (Å²) in [4.78, 5) is 15.0. The van der Waals surface area contributed by atoms with Gasteiger partial charge in [-0.05, 0) is 18.2 Å². The van der Waals surface area contributed by atoms with Crippen LogP contribution in [0.1, 0.15) is 6.92 Å². The lowest BCUT2D eigenvalue weighted by atomic mass is 10.3. The maximum absolute atomic E-state index is 11.1. The first-order valence-electron chi connectivity index (χ1n) is 4.57. The van der Waals surface area contributed by atoms with Gasteiger partial charge in [0.2, 0.25) is 15.9 Å². The molecule has 0 saturated carbocycles. The minimum Gasteiger partial charge on any atom is -0.302 e. The molecule has 0 aliphatic rings. The lowest BCUT2D eigenvalue weighted by Gasteiger charge is -1.95. The Morgan fingerprint density at radius 3 is 2.76 bits per heavy atom. The molecule has 0 atom stereocenters. The number of sulfonamides is 1. The van der Waals surface area contributed by atoms with E-state index in [1.54, 1.807) is 6.07 Å². The molecule has 2 aromatic rings. The summed E-state index contributed by atoms with van der Waals surface area (Å²) in [7, 11) is -3.73. The molecule has 0 aliphatic heterocycles. The quantitative estimate of drug-likeness (QED) is 0.847. The number of anilines is 1. The Balaban J connectivity index is 2.52. The summed E-state index contributed by atoms with van der Waals surface area (Å²) < 4.78 is 23.1. The van der Waals surface area contributed by atoms with Crippen molar-refractivity contribution in [3.8, 4) is 0 Å². The largest absolute Gasteiger partial charge is 0.302 e. The first kappa shape index (κ1) is 12.0. The molecule has 8 heteroatoms. The van der Waals surface area contributed by atoms with Crippen LogP contribution in [0.4, 0.5) is 5.13 Å². The third-order valence-corrected chi connectivity index (χ3v) is 3.83. The van der Waals surface area contributed by atoms with Gasteiger partial charge in [-0.2, -0.15) is 0 Å². The van der Waals surface area contributed by atoms with E-state index in [2.05, 4.69) is 10.3 Å². The average Bonchev–Trinajstić information content (AvgIpc) is 2.55. The lowest BCUT2D eigenvalue weighted by molar-refractivity contribution is -0.114. The number of amides is 1. The number of nitrogens with one attached hydrogen (secondary N) is 1. The molecule has 0 radical (unpaired) electrons. The Morgan fingerprint density at radius 2 is 2.18 bits per heavy atom. The van der Waals surface area contributed by atoms with Crippen molar-refractivity contribution in [3.05, 3.63) is 18.2 Å². The van der Waals surface area contributed by atoms with Crippen molar-refractivity contribution in [3.63, 3.8) is 0 Å². The molecule has 1 heterocycles. The average molecular weight is 271 g/mol. The number of primary sulfonamides is 1. The van der Waals surface area contributed by atoms with Gasteiger partial charge in [0.05, 0.1) is 15.1 Å². The Labute approximate surface area is 102 Å². The minimum atomic E-state index is -3.73. The summed E-state index contributed by atoms with van der Waals surface area (Å²) in [6.07, 6.45) is 0. The SMILES string of the molecule is CC(=O)Nc1nc2cc(S(N)(=O)=O)ccc2s1. The van der Waals surface area contributed by atoms with E-state index in [1.165, 1.54) is 30.4 Å². The molecule has 0 spiro atoms. The van der Waals surface area contributed by atoms with E-state index in [4.69, 9.17) is 5.14 Å². The fourth-order valence-corrected chi connectivity index (χ4v) is 2.71. The predicted octanol–water partition coefficient (Wildman–Crippen LogP) is 0.902. The highest BCUT2D eigenvalue weighted by atomic mass is 32.2. The van der Waals surface area contributed by atoms with E-state index in [0.29, 0.717) is 10.6 Å². The molecule has 0 fully saturated rings. The van der Waals surface area contributed by atoms with Crippen molar-refractivity contribution in [1.82, 2.24) is 4.98 Å². The first-order chi connectivity index (χ1) is 7.86. The van der Waals surface area contributed by atoms with Crippen LogP contribution in [0.3, 0.4) is 0 Å². The highest BCUT2D eigenvalue weighted by molar-refractivity contribution is 7.89. The van der Waals surface area contributed by atoms with E-state index < -0.39 is 10.0 Å². The number of hydrogen-bond donors (Lipinski definition) is 2. The van der Waals surface area contributed by atoms with Gasteiger partial charge in [0.15, 0.2) is 5.13 Å². The highest BCUT2D eigenvalue weighted by Crippen LogP contribution is 2.27. The van der Waals surface area contributed by atoms with Crippen molar-refractivity contribution in [2.75, 3.05) is 5.32 Å². The monoisotopic (exact) mass is 271 g/mol. The Kier molecular flexibility index (Phi) is 2.86. The van der Waals surface area contributed by atoms with Crippen molar-refractivity contribution < 1.29 is 13.2 Å². The van der Waals surface area contributed by atoms with Crippen molar-refractivity contribution >= 4 is 42.6 Å². The molecule has 17 heavy (non-hydrogen) atoms. The van der Waals surface area contributed by atoms with Crippen LogP contribution in [-0.4, -0.2) is 19.3 Å². The fourth-order valence-electron chi connectivity index (χ4n) is 1.29. The van der Waals surface area contributed by atoms with Crippen LogP contribution in [0.25, 0.3) is 10.2 Å². The molecule has 0 aliphatic carbocycles. The van der Waals surface area contributed by atoms with Crippen LogP contribution >= 0.6 is 11.3 Å². The van der Waals surface area contributed by atoms with E-state index >= 15 is 0 Å². The summed E-state index contributed by atoms with van der Waals surface area (Å²) in [6.45, 7) is 1.38. The van der Waals surface area contributed by atoms with Crippen LogP contribution in [0, 0.1) is 0 Å². The van der Waals surface area contributed by atoms with E-state index in [-0.39, 0.29) is 10.8 Å². The molecule has 3 N–H and O–H groups in total. The second-order valence-electron chi connectivity index (χ2n) is 3.37. The number of aromatic nitrogens is 1. The molecular weight excluding hydrogens is 262 g/mol. The summed E-state index contributed by atoms with van der Waals surface area (Å²) in [5, 5.41) is 7.98.